The number of hydrogen-bond acceptors (Lipinski definition) is 7. The summed E-state index contributed by atoms with van der Waals surface area (Å²) >= 11 is 0. The van der Waals surface area contributed by atoms with Gasteiger partial charge < -0.3 is 20.1 Å². The number of carbonyl (C=O) groups is 3. The Hall–Kier alpha value is -5.44. The number of methoxy groups -OCH3 is 1. The van der Waals surface area contributed by atoms with E-state index in [2.05, 4.69) is 15.6 Å². The van der Waals surface area contributed by atoms with Crippen molar-refractivity contribution >= 4 is 45.1 Å². The first kappa shape index (κ1) is 29.6. The van der Waals surface area contributed by atoms with Gasteiger partial charge >= 0.3 is 0 Å². The number of imide groups is 1. The first-order chi connectivity index (χ1) is 22.0. The van der Waals surface area contributed by atoms with Gasteiger partial charge in [0.25, 0.3) is 11.8 Å². The maximum Gasteiger partial charge on any atom is 0.261 e. The number of aromatic nitrogens is 1. The third-order valence-electron chi connectivity index (χ3n) is 7.92. The number of hydrogen-bond donors (Lipinski definition) is 2. The van der Waals surface area contributed by atoms with E-state index in [0.29, 0.717) is 47.6 Å². The van der Waals surface area contributed by atoms with Gasteiger partial charge in [0, 0.05) is 64.9 Å². The Morgan fingerprint density at radius 2 is 1.64 bits per heavy atom. The topological polar surface area (TPSA) is 110 Å². The molecule has 6 rings (SSSR count). The van der Waals surface area contributed by atoms with Gasteiger partial charge in [-0.05, 0) is 60.5 Å². The number of unbranched alkanes of at least 4 members (excludes halogenated alkanes) is 1. The van der Waals surface area contributed by atoms with Crippen molar-refractivity contribution in [2.45, 2.75) is 26.2 Å². The van der Waals surface area contributed by atoms with Crippen molar-refractivity contribution in [3.05, 3.63) is 102 Å². The summed E-state index contributed by atoms with van der Waals surface area (Å²) in [7, 11) is 1.62. The third kappa shape index (κ3) is 6.15. The molecule has 45 heavy (non-hydrogen) atoms. The van der Waals surface area contributed by atoms with E-state index in [1.807, 2.05) is 73.7 Å². The highest BCUT2D eigenvalue weighted by molar-refractivity contribution is 6.26. The molecular weight excluding hydrogens is 568 g/mol. The summed E-state index contributed by atoms with van der Waals surface area (Å²) in [5.41, 5.74) is 3.54. The van der Waals surface area contributed by atoms with Crippen molar-refractivity contribution in [3.8, 4) is 17.2 Å². The van der Waals surface area contributed by atoms with Gasteiger partial charge in [-0.2, -0.15) is 0 Å². The normalized spacial score (nSPS) is 12.4. The maximum absolute atomic E-state index is 13.1. The van der Waals surface area contributed by atoms with Crippen molar-refractivity contribution in [1.29, 1.82) is 0 Å². The molecule has 228 valence electrons. The molecule has 1 aliphatic heterocycles. The molecule has 9 heteroatoms. The van der Waals surface area contributed by atoms with Crippen LogP contribution in [0.1, 0.15) is 46.0 Å². The van der Waals surface area contributed by atoms with Gasteiger partial charge in [0.15, 0.2) is 0 Å². The van der Waals surface area contributed by atoms with Crippen LogP contribution < -0.4 is 20.1 Å². The number of carbonyl (C=O) groups excluding carboxylic acids is 3. The number of fused-ring (bicyclic) bond motifs is 1. The highest BCUT2D eigenvalue weighted by atomic mass is 16.5. The number of anilines is 1. The molecular formula is C36H34N4O5. The van der Waals surface area contributed by atoms with E-state index in [1.165, 1.54) is 4.90 Å². The SMILES string of the molecule is CCCCN1C(=O)c2cccc3c(NCCNC(=O)Cc4ccc(Oc5ccnc6cc(OC)ccc56)cc4)ccc(c23)C1=O. The predicted octanol–water partition coefficient (Wildman–Crippen LogP) is 6.36. The molecule has 0 spiro atoms. The molecule has 0 atom stereocenters. The van der Waals surface area contributed by atoms with Gasteiger partial charge in [-0.3, -0.25) is 24.3 Å². The van der Waals surface area contributed by atoms with Crippen molar-refractivity contribution in [1.82, 2.24) is 15.2 Å². The first-order valence-electron chi connectivity index (χ1n) is 15.1. The Morgan fingerprint density at radius 1 is 0.867 bits per heavy atom. The molecule has 9 nitrogen and oxygen atoms in total. The number of amides is 3. The lowest BCUT2D eigenvalue weighted by Gasteiger charge is -2.27. The molecule has 4 aromatic carbocycles. The minimum Gasteiger partial charge on any atom is -0.497 e. The van der Waals surface area contributed by atoms with E-state index in [1.54, 1.807) is 25.4 Å². The summed E-state index contributed by atoms with van der Waals surface area (Å²) in [6.45, 7) is 3.34. The highest BCUT2D eigenvalue weighted by Crippen LogP contribution is 2.35. The highest BCUT2D eigenvalue weighted by Gasteiger charge is 2.32. The van der Waals surface area contributed by atoms with Gasteiger partial charge in [-0.15, -0.1) is 0 Å². The predicted molar refractivity (Wildman–Crippen MR) is 174 cm³/mol. The second-order valence-electron chi connectivity index (χ2n) is 10.9. The molecule has 0 bridgehead atoms. The fourth-order valence-corrected chi connectivity index (χ4v) is 5.59. The molecule has 2 heterocycles. The van der Waals surface area contributed by atoms with Gasteiger partial charge in [0.05, 0.1) is 19.0 Å². The van der Waals surface area contributed by atoms with Crippen LogP contribution in [0.25, 0.3) is 21.7 Å². The molecule has 0 saturated heterocycles. The molecule has 1 aromatic heterocycles. The smallest absolute Gasteiger partial charge is 0.261 e. The third-order valence-corrected chi connectivity index (χ3v) is 7.92. The molecule has 5 aromatic rings. The summed E-state index contributed by atoms with van der Waals surface area (Å²) in [5, 5.41) is 8.68. The summed E-state index contributed by atoms with van der Waals surface area (Å²) in [6, 6.07) is 24.1. The van der Waals surface area contributed by atoms with Crippen molar-refractivity contribution in [2.24, 2.45) is 0 Å². The van der Waals surface area contributed by atoms with Crippen LogP contribution in [0.3, 0.4) is 0 Å². The number of nitrogens with one attached hydrogen (secondary N) is 2. The van der Waals surface area contributed by atoms with Crippen LogP contribution in [-0.4, -0.2) is 54.3 Å². The fraction of sp³-hybridized carbons (Fsp3) is 0.222. The lowest BCUT2D eigenvalue weighted by molar-refractivity contribution is -0.120. The summed E-state index contributed by atoms with van der Waals surface area (Å²) in [4.78, 5) is 44.6. The van der Waals surface area contributed by atoms with Crippen LogP contribution in [0.15, 0.2) is 85.1 Å². The molecule has 0 aliphatic carbocycles. The molecule has 0 radical (unpaired) electrons. The lowest BCUT2D eigenvalue weighted by Crippen LogP contribution is -2.40. The zero-order valence-electron chi connectivity index (χ0n) is 25.3. The van der Waals surface area contributed by atoms with Gasteiger partial charge in [-0.1, -0.05) is 37.6 Å². The quantitative estimate of drug-likeness (QED) is 0.126. The Bertz CT molecular complexity index is 1880. The Kier molecular flexibility index (Phi) is 8.59. The number of rotatable bonds is 12. The standard InChI is InChI=1S/C36H34N4O5/c1-3-4-20-40-35(42)28-7-5-6-27-30(15-14-29(34(27)28)36(40)43)38-18-19-39-33(41)21-23-8-10-24(11-9-23)45-32-16-17-37-31-22-25(44-2)12-13-26(31)32/h5-17,22,38H,3-4,18-21H2,1-2H3,(H,39,41). The molecule has 1 aliphatic rings. The molecule has 0 saturated carbocycles. The molecule has 2 N–H and O–H groups in total. The average Bonchev–Trinajstić information content (AvgIpc) is 3.06. The Morgan fingerprint density at radius 3 is 2.42 bits per heavy atom. The molecule has 0 fully saturated rings. The lowest BCUT2D eigenvalue weighted by atomic mass is 9.93. The summed E-state index contributed by atoms with van der Waals surface area (Å²) < 4.78 is 11.4. The van der Waals surface area contributed by atoms with Crippen molar-refractivity contribution in [2.75, 3.05) is 32.1 Å². The fourth-order valence-electron chi connectivity index (χ4n) is 5.59. The van der Waals surface area contributed by atoms with E-state index in [4.69, 9.17) is 9.47 Å². The Labute approximate surface area is 261 Å². The van der Waals surface area contributed by atoms with E-state index >= 15 is 0 Å². The van der Waals surface area contributed by atoms with Crippen LogP contribution in [-0.2, 0) is 11.2 Å². The van der Waals surface area contributed by atoms with Crippen LogP contribution in [0.2, 0.25) is 0 Å². The largest absolute Gasteiger partial charge is 0.497 e. The number of ether oxygens (including phenoxy) is 2. The summed E-state index contributed by atoms with van der Waals surface area (Å²) in [6.07, 6.45) is 3.60. The van der Waals surface area contributed by atoms with Crippen molar-refractivity contribution < 1.29 is 23.9 Å². The van der Waals surface area contributed by atoms with Gasteiger partial charge in [0.1, 0.15) is 17.2 Å². The van der Waals surface area contributed by atoms with E-state index in [9.17, 15) is 14.4 Å². The average molecular weight is 603 g/mol. The number of benzene rings is 4. The van der Waals surface area contributed by atoms with Gasteiger partial charge in [0.2, 0.25) is 5.91 Å². The maximum atomic E-state index is 13.1. The minimum absolute atomic E-state index is 0.0974. The second-order valence-corrected chi connectivity index (χ2v) is 10.9. The number of nitrogens with zero attached hydrogens (tertiary/aromatic N) is 2. The first-order valence-corrected chi connectivity index (χ1v) is 15.1. The summed E-state index contributed by atoms with van der Waals surface area (Å²) in [5.74, 6) is 1.48. The number of pyridine rings is 1. The van der Waals surface area contributed by atoms with Gasteiger partial charge in [-0.25, -0.2) is 0 Å². The van der Waals surface area contributed by atoms with Crippen molar-refractivity contribution in [3.63, 3.8) is 0 Å². The van der Waals surface area contributed by atoms with Crippen LogP contribution in [0.5, 0.6) is 17.2 Å². The van der Waals surface area contributed by atoms with Crippen LogP contribution >= 0.6 is 0 Å². The Balaban J connectivity index is 1.03. The monoisotopic (exact) mass is 602 g/mol. The van der Waals surface area contributed by atoms with Crippen LogP contribution in [0.4, 0.5) is 5.69 Å². The zero-order chi connectivity index (χ0) is 31.3. The molecule has 0 unspecified atom stereocenters. The van der Waals surface area contributed by atoms with E-state index in [-0.39, 0.29) is 24.1 Å². The second kappa shape index (κ2) is 13.1. The van der Waals surface area contributed by atoms with E-state index < -0.39 is 0 Å². The van der Waals surface area contributed by atoms with E-state index in [0.717, 1.165) is 46.1 Å². The van der Waals surface area contributed by atoms with Crippen LogP contribution in [0, 0.1) is 0 Å². The minimum atomic E-state index is -0.248. The zero-order valence-corrected chi connectivity index (χ0v) is 25.3. The molecule has 3 amide bonds.